The quantitative estimate of drug-likeness (QED) is 0.350. The number of H-pyrrole nitrogens is 1. The molecule has 3 aliphatic heterocycles. The van der Waals surface area contributed by atoms with E-state index in [9.17, 15) is 9.59 Å². The van der Waals surface area contributed by atoms with Crippen molar-refractivity contribution < 1.29 is 18.7 Å². The molecule has 1 saturated heterocycles. The van der Waals surface area contributed by atoms with E-state index in [2.05, 4.69) is 16.8 Å². The Morgan fingerprint density at radius 1 is 1.26 bits per heavy atom. The van der Waals surface area contributed by atoms with Crippen molar-refractivity contribution in [3.63, 3.8) is 0 Å². The van der Waals surface area contributed by atoms with Crippen molar-refractivity contribution in [2.75, 3.05) is 50.1 Å². The van der Waals surface area contributed by atoms with Gasteiger partial charge in [0.05, 0.1) is 35.5 Å². The fourth-order valence-corrected chi connectivity index (χ4v) is 7.08. The lowest BCUT2D eigenvalue weighted by molar-refractivity contribution is -0.131. The van der Waals surface area contributed by atoms with E-state index in [0.29, 0.717) is 47.5 Å². The number of amides is 2. The first-order chi connectivity index (χ1) is 20.6. The second-order valence-corrected chi connectivity index (χ2v) is 12.2. The Bertz CT molecular complexity index is 1860. The maximum absolute atomic E-state index is 16.9. The van der Waals surface area contributed by atoms with E-state index in [1.54, 1.807) is 22.1 Å². The van der Waals surface area contributed by atoms with Crippen LogP contribution >= 0.6 is 11.6 Å². The van der Waals surface area contributed by atoms with Gasteiger partial charge in [-0.05, 0) is 45.6 Å². The number of anilines is 2. The summed E-state index contributed by atoms with van der Waals surface area (Å²) in [6, 6.07) is 4.66. The molecule has 0 radical (unpaired) electrons. The number of benzene rings is 2. The molecule has 0 saturated carbocycles. The maximum Gasteiger partial charge on any atom is 0.251 e. The summed E-state index contributed by atoms with van der Waals surface area (Å²) in [5.74, 6) is -0.770. The van der Waals surface area contributed by atoms with Gasteiger partial charge >= 0.3 is 0 Å². The van der Waals surface area contributed by atoms with Crippen molar-refractivity contribution in [3.05, 3.63) is 53.5 Å². The van der Waals surface area contributed by atoms with Crippen LogP contribution < -0.4 is 14.5 Å². The lowest BCUT2D eigenvalue weighted by Gasteiger charge is -2.52. The fraction of sp³-hybridized carbons (Fsp3) is 0.355. The van der Waals surface area contributed by atoms with Crippen LogP contribution in [-0.2, 0) is 9.59 Å². The summed E-state index contributed by atoms with van der Waals surface area (Å²) in [5.41, 5.74) is 3.57. The molecule has 2 aromatic carbocycles. The average molecular weight is 604 g/mol. The standard InChI is InChI=1S/C31H31ClFN7O3/c1-6-22(41)38-14-21-31(42)40-13-18(12-37(4)5)43-30-29(40)28(39(21)11-16(38)3)19-9-20(32)24(25(33)27(19)35-30)23-15(2)7-8-17-10-34-36-26(17)23/h6-10,16,18,21H,1,11-14H2,2-5H3,(H,34,36)/t16-,18-,21-/m1/s1. The summed E-state index contributed by atoms with van der Waals surface area (Å²) in [4.78, 5) is 38.8. The van der Waals surface area contributed by atoms with Gasteiger partial charge in [0.15, 0.2) is 5.82 Å². The number of aromatic amines is 1. The Hall–Kier alpha value is -4.22. The van der Waals surface area contributed by atoms with E-state index in [1.807, 2.05) is 49.9 Å². The highest BCUT2D eigenvalue weighted by Gasteiger charge is 2.49. The van der Waals surface area contributed by atoms with E-state index < -0.39 is 11.9 Å². The average Bonchev–Trinajstić information content (AvgIpc) is 3.44. The topological polar surface area (TPSA) is 97.9 Å². The Kier molecular flexibility index (Phi) is 6.37. The van der Waals surface area contributed by atoms with Crippen molar-refractivity contribution in [3.8, 4) is 17.0 Å². The van der Waals surface area contributed by atoms with Gasteiger partial charge in [0, 0.05) is 41.0 Å². The molecular formula is C31H31ClFN7O3. The third kappa shape index (κ3) is 4.09. The highest BCUT2D eigenvalue weighted by Crippen LogP contribution is 2.52. The number of hydrogen-bond acceptors (Lipinski definition) is 7. The summed E-state index contributed by atoms with van der Waals surface area (Å²) in [7, 11) is 3.84. The highest BCUT2D eigenvalue weighted by atomic mass is 35.5. The van der Waals surface area contributed by atoms with Crippen LogP contribution in [0.3, 0.4) is 0 Å². The van der Waals surface area contributed by atoms with Crippen LogP contribution in [0.5, 0.6) is 5.88 Å². The number of nitrogens with one attached hydrogen (secondary N) is 1. The second-order valence-electron chi connectivity index (χ2n) is 11.8. The maximum atomic E-state index is 16.9. The minimum atomic E-state index is -0.674. The van der Waals surface area contributed by atoms with E-state index in [0.717, 1.165) is 10.9 Å². The molecule has 7 rings (SSSR count). The number of fused-ring (bicyclic) bond motifs is 5. The molecule has 222 valence electrons. The van der Waals surface area contributed by atoms with Crippen LogP contribution in [0.1, 0.15) is 12.5 Å². The molecule has 3 aliphatic rings. The monoisotopic (exact) mass is 603 g/mol. The molecule has 0 unspecified atom stereocenters. The van der Waals surface area contributed by atoms with E-state index in [1.165, 1.54) is 6.08 Å². The zero-order valence-electron chi connectivity index (χ0n) is 24.3. The third-order valence-electron chi connectivity index (χ3n) is 8.70. The van der Waals surface area contributed by atoms with Crippen LogP contribution in [0.4, 0.5) is 15.8 Å². The molecule has 2 aromatic heterocycles. The number of rotatable bonds is 4. The number of aryl methyl sites for hydroxylation is 1. The molecule has 10 nitrogen and oxygen atoms in total. The first-order valence-corrected chi connectivity index (χ1v) is 14.6. The first-order valence-electron chi connectivity index (χ1n) is 14.2. The number of likely N-dealkylation sites (N-methyl/N-ethyl adjacent to an activating group) is 1. The number of pyridine rings is 1. The summed E-state index contributed by atoms with van der Waals surface area (Å²) < 4.78 is 23.3. The zero-order chi connectivity index (χ0) is 30.3. The minimum absolute atomic E-state index is 0.0971. The molecule has 0 bridgehead atoms. The molecule has 4 aromatic rings. The summed E-state index contributed by atoms with van der Waals surface area (Å²) >= 11 is 6.94. The fourth-order valence-electron chi connectivity index (χ4n) is 6.80. The van der Waals surface area contributed by atoms with Crippen molar-refractivity contribution in [1.82, 2.24) is 25.0 Å². The number of ether oxygens (including phenoxy) is 1. The summed E-state index contributed by atoms with van der Waals surface area (Å²) in [6.45, 7) is 8.82. The third-order valence-corrected chi connectivity index (χ3v) is 9.00. The summed E-state index contributed by atoms with van der Waals surface area (Å²) in [6.07, 6.45) is 2.57. The lowest BCUT2D eigenvalue weighted by atomic mass is 9.93. The Morgan fingerprint density at radius 2 is 2.05 bits per heavy atom. The molecular weight excluding hydrogens is 573 g/mol. The molecule has 12 heteroatoms. The van der Waals surface area contributed by atoms with Gasteiger partial charge in [-0.25, -0.2) is 9.37 Å². The van der Waals surface area contributed by atoms with Gasteiger partial charge in [-0.15, -0.1) is 0 Å². The smallest absolute Gasteiger partial charge is 0.251 e. The molecule has 43 heavy (non-hydrogen) atoms. The van der Waals surface area contributed by atoms with Gasteiger partial charge in [-0.3, -0.25) is 14.7 Å². The number of hydrogen-bond donors (Lipinski definition) is 1. The number of aromatic nitrogens is 3. The van der Waals surface area contributed by atoms with Crippen molar-refractivity contribution in [1.29, 1.82) is 0 Å². The zero-order valence-corrected chi connectivity index (χ0v) is 25.1. The summed E-state index contributed by atoms with van der Waals surface area (Å²) in [5, 5.41) is 8.67. The highest BCUT2D eigenvalue weighted by molar-refractivity contribution is 6.35. The van der Waals surface area contributed by atoms with Crippen LogP contribution in [0, 0.1) is 12.7 Å². The van der Waals surface area contributed by atoms with Gasteiger partial charge in [0.25, 0.3) is 5.91 Å². The van der Waals surface area contributed by atoms with Gasteiger partial charge in [-0.2, -0.15) is 5.10 Å². The predicted octanol–water partition coefficient (Wildman–Crippen LogP) is 4.14. The van der Waals surface area contributed by atoms with E-state index in [4.69, 9.17) is 21.3 Å². The number of halogens is 2. The number of nitrogens with zero attached hydrogens (tertiary/aromatic N) is 6. The number of carbonyl (C=O) groups excluding carboxylic acids is 2. The Labute approximate surface area is 252 Å². The van der Waals surface area contributed by atoms with Crippen LogP contribution in [0.2, 0.25) is 5.02 Å². The molecule has 3 atom stereocenters. The molecule has 2 amide bonds. The second kappa shape index (κ2) is 9.92. The van der Waals surface area contributed by atoms with Gasteiger partial charge < -0.3 is 24.3 Å². The van der Waals surface area contributed by atoms with Gasteiger partial charge in [0.1, 0.15) is 23.3 Å². The molecule has 0 aliphatic carbocycles. The van der Waals surface area contributed by atoms with Crippen molar-refractivity contribution in [2.24, 2.45) is 0 Å². The van der Waals surface area contributed by atoms with Crippen LogP contribution in [0.25, 0.3) is 32.9 Å². The SMILES string of the molecule is C=CC(=O)N1C[C@@H]2C(=O)N3C[C@@H](CN(C)C)Oc4nc5c(F)c(-c6c(C)ccc7cn[nH]c67)c(Cl)cc5c(c43)N2C[C@H]1C. The minimum Gasteiger partial charge on any atom is -0.470 e. The van der Waals surface area contributed by atoms with E-state index >= 15 is 4.39 Å². The normalized spacial score (nSPS) is 21.3. The molecule has 0 spiro atoms. The van der Waals surface area contributed by atoms with Crippen molar-refractivity contribution >= 4 is 56.6 Å². The van der Waals surface area contributed by atoms with Crippen molar-refractivity contribution in [2.45, 2.75) is 32.0 Å². The van der Waals surface area contributed by atoms with Crippen LogP contribution in [0.15, 0.2) is 37.1 Å². The van der Waals surface area contributed by atoms with E-state index in [-0.39, 0.29) is 52.5 Å². The van der Waals surface area contributed by atoms with Crippen LogP contribution in [-0.4, -0.2) is 95.3 Å². The molecule has 5 heterocycles. The number of piperazine rings is 1. The largest absolute Gasteiger partial charge is 0.470 e. The molecule has 1 fully saturated rings. The predicted molar refractivity (Wildman–Crippen MR) is 164 cm³/mol. The van der Waals surface area contributed by atoms with Gasteiger partial charge in [0.2, 0.25) is 11.8 Å². The Morgan fingerprint density at radius 3 is 2.79 bits per heavy atom. The molecule has 1 N–H and O–H groups in total. The van der Waals surface area contributed by atoms with Gasteiger partial charge in [-0.1, -0.05) is 30.3 Å². The lowest BCUT2D eigenvalue weighted by Crippen LogP contribution is -2.67. The number of carbonyl (C=O) groups is 2. The first kappa shape index (κ1) is 27.6. The Balaban J connectivity index is 1.49.